The molecule has 1 aromatic rings. The van der Waals surface area contributed by atoms with E-state index >= 15 is 0 Å². The maximum atomic E-state index is 6.25. The van der Waals surface area contributed by atoms with E-state index in [2.05, 4.69) is 49.5 Å². The normalized spacial score (nSPS) is 14.9. The minimum atomic E-state index is 0.689. The summed E-state index contributed by atoms with van der Waals surface area (Å²) in [6.45, 7) is 8.98. The van der Waals surface area contributed by atoms with E-state index in [1.54, 1.807) is 11.8 Å². The molecule has 0 saturated carbocycles. The Morgan fingerprint density at radius 3 is 2.32 bits per heavy atom. The minimum absolute atomic E-state index is 0.689. The van der Waals surface area contributed by atoms with E-state index in [0.717, 1.165) is 18.1 Å². The van der Waals surface area contributed by atoms with Crippen LogP contribution in [0, 0.1) is 5.92 Å². The van der Waals surface area contributed by atoms with E-state index in [1.165, 1.54) is 42.8 Å². The summed E-state index contributed by atoms with van der Waals surface area (Å²) in [4.78, 5) is 3.53. The van der Waals surface area contributed by atoms with Crippen molar-refractivity contribution in [2.45, 2.75) is 44.6 Å². The van der Waals surface area contributed by atoms with Crippen LogP contribution < -0.4 is 5.32 Å². The molecule has 1 fully saturated rings. The number of hydrogen-bond donors (Lipinski definition) is 1. The second-order valence-corrected chi connectivity index (χ2v) is 7.65. The van der Waals surface area contributed by atoms with Crippen molar-refractivity contribution >= 4 is 23.4 Å². The molecule has 1 heterocycles. The molecule has 126 valence electrons. The van der Waals surface area contributed by atoms with Crippen molar-refractivity contribution < 1.29 is 0 Å². The lowest BCUT2D eigenvalue weighted by Gasteiger charge is -2.19. The fourth-order valence-corrected chi connectivity index (χ4v) is 3.31. The van der Waals surface area contributed by atoms with Gasteiger partial charge in [-0.3, -0.25) is 0 Å². The third kappa shape index (κ3) is 8.42. The van der Waals surface area contributed by atoms with E-state index in [-0.39, 0.29) is 0 Å². The van der Waals surface area contributed by atoms with Crippen molar-refractivity contribution in [3.05, 3.63) is 28.8 Å². The zero-order valence-electron chi connectivity index (χ0n) is 14.5. The average Bonchev–Trinajstić information content (AvgIpc) is 2.51. The zero-order chi connectivity index (χ0) is 16.4. The second-order valence-electron chi connectivity index (χ2n) is 6.36. The Labute approximate surface area is 146 Å². The van der Waals surface area contributed by atoms with Crippen LogP contribution in [0.5, 0.6) is 0 Å². The molecule has 0 amide bonds. The van der Waals surface area contributed by atoms with Crippen LogP contribution in [0.15, 0.2) is 23.1 Å². The fraction of sp³-hybridized carbons (Fsp3) is 0.667. The van der Waals surface area contributed by atoms with Gasteiger partial charge in [0.15, 0.2) is 0 Å². The van der Waals surface area contributed by atoms with Gasteiger partial charge < -0.3 is 10.2 Å². The van der Waals surface area contributed by atoms with Crippen molar-refractivity contribution in [2.75, 3.05) is 32.9 Å². The fourth-order valence-electron chi connectivity index (χ4n) is 2.56. The summed E-state index contributed by atoms with van der Waals surface area (Å²) in [7, 11) is 2.14. The second kappa shape index (κ2) is 11.3. The molecule has 0 aromatic heterocycles. The number of piperidine rings is 1. The summed E-state index contributed by atoms with van der Waals surface area (Å²) in [5.74, 6) is 0.689. The highest BCUT2D eigenvalue weighted by Crippen LogP contribution is 2.24. The van der Waals surface area contributed by atoms with Gasteiger partial charge in [0.05, 0.1) is 0 Å². The number of hydrogen-bond acceptors (Lipinski definition) is 3. The van der Waals surface area contributed by atoms with Crippen molar-refractivity contribution in [3.8, 4) is 0 Å². The predicted octanol–water partition coefficient (Wildman–Crippen LogP) is 4.91. The monoisotopic (exact) mass is 342 g/mol. The Kier molecular flexibility index (Phi) is 10.2. The third-order valence-corrected chi connectivity index (χ3v) is 4.66. The van der Waals surface area contributed by atoms with Gasteiger partial charge >= 0.3 is 0 Å². The average molecular weight is 343 g/mol. The molecule has 22 heavy (non-hydrogen) atoms. The summed E-state index contributed by atoms with van der Waals surface area (Å²) >= 11 is 7.97. The highest BCUT2D eigenvalue weighted by atomic mass is 35.5. The molecule has 0 atom stereocenters. The lowest BCUT2D eigenvalue weighted by Crippen LogP contribution is -2.22. The molecule has 0 bridgehead atoms. The van der Waals surface area contributed by atoms with Gasteiger partial charge in [-0.2, -0.15) is 0 Å². The molecule has 0 radical (unpaired) electrons. The van der Waals surface area contributed by atoms with Crippen LogP contribution in [0.2, 0.25) is 5.02 Å². The number of benzene rings is 1. The van der Waals surface area contributed by atoms with Crippen LogP contribution in [-0.2, 0) is 6.54 Å². The Morgan fingerprint density at radius 1 is 1.23 bits per heavy atom. The van der Waals surface area contributed by atoms with E-state index in [9.17, 15) is 0 Å². The molecular formula is C18H31ClN2S. The molecule has 0 unspecified atom stereocenters. The maximum absolute atomic E-state index is 6.25. The first-order valence-electron chi connectivity index (χ1n) is 8.24. The van der Waals surface area contributed by atoms with E-state index in [0.29, 0.717) is 5.92 Å². The highest BCUT2D eigenvalue weighted by Gasteiger charge is 2.06. The van der Waals surface area contributed by atoms with Crippen molar-refractivity contribution in [1.29, 1.82) is 0 Å². The summed E-state index contributed by atoms with van der Waals surface area (Å²) in [6.07, 6.45) is 6.28. The largest absolute Gasteiger partial charge is 0.317 e. The molecule has 0 aliphatic carbocycles. The van der Waals surface area contributed by atoms with Gasteiger partial charge in [0.1, 0.15) is 0 Å². The molecule has 1 saturated heterocycles. The molecule has 1 aliphatic heterocycles. The third-order valence-electron chi connectivity index (χ3n) is 3.58. The number of thioether (sulfide) groups is 1. The summed E-state index contributed by atoms with van der Waals surface area (Å²) in [5.41, 5.74) is 1.21. The SMILES string of the molecule is C1CCNCC1.CSc1ccc(CN(C)CC(C)C)c(Cl)c1. The lowest BCUT2D eigenvalue weighted by atomic mass is 10.1. The van der Waals surface area contributed by atoms with Crippen LogP contribution >= 0.6 is 23.4 Å². The summed E-state index contributed by atoms with van der Waals surface area (Å²) < 4.78 is 0. The van der Waals surface area contributed by atoms with Crippen molar-refractivity contribution in [3.63, 3.8) is 0 Å². The maximum Gasteiger partial charge on any atom is 0.0462 e. The first-order valence-corrected chi connectivity index (χ1v) is 9.85. The smallest absolute Gasteiger partial charge is 0.0462 e. The highest BCUT2D eigenvalue weighted by molar-refractivity contribution is 7.98. The number of rotatable bonds is 5. The Balaban J connectivity index is 0.000000335. The number of halogens is 1. The molecule has 4 heteroatoms. The van der Waals surface area contributed by atoms with Crippen LogP contribution in [0.25, 0.3) is 0 Å². The molecule has 0 spiro atoms. The van der Waals surface area contributed by atoms with Crippen LogP contribution in [0.1, 0.15) is 38.7 Å². The number of nitrogens with zero attached hydrogens (tertiary/aromatic N) is 1. The standard InChI is InChI=1S/C13H20ClNS.C5H11N/c1-10(2)8-15(3)9-11-5-6-12(16-4)7-13(11)14;1-2-4-6-5-3-1/h5-7,10H,8-9H2,1-4H3;6H,1-5H2. The van der Waals surface area contributed by atoms with E-state index in [1.807, 2.05) is 6.07 Å². The first kappa shape index (κ1) is 19.8. The van der Waals surface area contributed by atoms with Crippen molar-refractivity contribution in [1.82, 2.24) is 10.2 Å². The van der Waals surface area contributed by atoms with Gasteiger partial charge in [0.25, 0.3) is 0 Å². The molecule has 1 N–H and O–H groups in total. The Morgan fingerprint density at radius 2 is 1.91 bits per heavy atom. The van der Waals surface area contributed by atoms with E-state index < -0.39 is 0 Å². The quantitative estimate of drug-likeness (QED) is 0.765. The van der Waals surface area contributed by atoms with Gasteiger partial charge in [0, 0.05) is 23.0 Å². The lowest BCUT2D eigenvalue weighted by molar-refractivity contribution is 0.288. The van der Waals surface area contributed by atoms with E-state index in [4.69, 9.17) is 11.6 Å². The topological polar surface area (TPSA) is 15.3 Å². The van der Waals surface area contributed by atoms with Gasteiger partial charge in [0.2, 0.25) is 0 Å². The number of nitrogens with one attached hydrogen (secondary N) is 1. The predicted molar refractivity (Wildman–Crippen MR) is 101 cm³/mol. The molecule has 1 aliphatic rings. The van der Waals surface area contributed by atoms with Crippen LogP contribution in [0.4, 0.5) is 0 Å². The Bertz CT molecular complexity index is 408. The minimum Gasteiger partial charge on any atom is -0.317 e. The van der Waals surface area contributed by atoms with Gasteiger partial charge in [-0.1, -0.05) is 37.9 Å². The Hall–Kier alpha value is -0.220. The van der Waals surface area contributed by atoms with Gasteiger partial charge in [-0.25, -0.2) is 0 Å². The summed E-state index contributed by atoms with van der Waals surface area (Å²) in [5, 5.41) is 4.16. The molecule has 2 nitrogen and oxygen atoms in total. The van der Waals surface area contributed by atoms with Gasteiger partial charge in [-0.05, 0) is 62.8 Å². The van der Waals surface area contributed by atoms with Gasteiger partial charge in [-0.15, -0.1) is 11.8 Å². The van der Waals surface area contributed by atoms with Crippen molar-refractivity contribution in [2.24, 2.45) is 5.92 Å². The molecule has 2 rings (SSSR count). The zero-order valence-corrected chi connectivity index (χ0v) is 16.1. The molecule has 1 aromatic carbocycles. The van der Waals surface area contributed by atoms with Crippen LogP contribution in [0.3, 0.4) is 0 Å². The van der Waals surface area contributed by atoms with Crippen LogP contribution in [-0.4, -0.2) is 37.8 Å². The molecular weight excluding hydrogens is 312 g/mol. The first-order chi connectivity index (χ1) is 10.5. The summed E-state index contributed by atoms with van der Waals surface area (Å²) in [6, 6.07) is 6.31.